The first-order chi connectivity index (χ1) is 10.1. The Kier molecular flexibility index (Phi) is 7.59. The highest BCUT2D eigenvalue weighted by molar-refractivity contribution is 5.73. The fraction of sp³-hybridized carbons (Fsp3) is 0.250. The fourth-order valence-electron chi connectivity index (χ4n) is 1.09. The predicted molar refractivity (Wildman–Crippen MR) is 70.1 cm³/mol. The standard InChI is InChI=1S/C8H9N3.C2HF3O2.C2H4O2/c9-5-7-1-2-8-10-3-4-11(8)6-7;3-2(4,5)1(6)7;1-2(3)4/h1-4,6H,5,9H2;(H,6,7);1H3,(H,3,4). The molecule has 22 heavy (non-hydrogen) atoms. The van der Waals surface area contributed by atoms with Crippen LogP contribution >= 0.6 is 0 Å². The van der Waals surface area contributed by atoms with Crippen LogP contribution in [0.15, 0.2) is 30.7 Å². The Morgan fingerprint density at radius 3 is 2.23 bits per heavy atom. The van der Waals surface area contributed by atoms with Crippen LogP contribution in [0.5, 0.6) is 0 Å². The highest BCUT2D eigenvalue weighted by atomic mass is 19.4. The third-order valence-electron chi connectivity index (χ3n) is 1.93. The molecule has 2 aromatic heterocycles. The normalized spacial score (nSPS) is 10.0. The number of carboxylic acids is 2. The molecular weight excluding hydrogens is 307 g/mol. The molecule has 7 nitrogen and oxygen atoms in total. The van der Waals surface area contributed by atoms with E-state index in [9.17, 15) is 13.2 Å². The Morgan fingerprint density at radius 1 is 1.32 bits per heavy atom. The maximum absolute atomic E-state index is 10.6. The van der Waals surface area contributed by atoms with Crippen molar-refractivity contribution in [3.8, 4) is 0 Å². The van der Waals surface area contributed by atoms with Crippen LogP contribution in [0, 0.1) is 0 Å². The van der Waals surface area contributed by atoms with E-state index < -0.39 is 18.1 Å². The minimum atomic E-state index is -5.08. The van der Waals surface area contributed by atoms with Crippen molar-refractivity contribution in [3.05, 3.63) is 36.3 Å². The highest BCUT2D eigenvalue weighted by Gasteiger charge is 2.38. The van der Waals surface area contributed by atoms with Gasteiger partial charge < -0.3 is 20.3 Å². The molecule has 0 atom stereocenters. The highest BCUT2D eigenvalue weighted by Crippen LogP contribution is 2.13. The predicted octanol–water partition coefficient (Wildman–Crippen LogP) is 1.52. The number of carboxylic acid groups (broad SMARTS) is 2. The second-order valence-electron chi connectivity index (χ2n) is 3.76. The van der Waals surface area contributed by atoms with E-state index >= 15 is 0 Å². The van der Waals surface area contributed by atoms with Gasteiger partial charge >= 0.3 is 12.1 Å². The van der Waals surface area contributed by atoms with Crippen molar-refractivity contribution in [2.45, 2.75) is 19.6 Å². The molecule has 0 fully saturated rings. The van der Waals surface area contributed by atoms with E-state index in [1.165, 1.54) is 0 Å². The van der Waals surface area contributed by atoms with Gasteiger partial charge in [-0.25, -0.2) is 9.78 Å². The number of rotatable bonds is 1. The maximum atomic E-state index is 10.6. The van der Waals surface area contributed by atoms with Crippen molar-refractivity contribution < 1.29 is 33.0 Å². The molecule has 0 aromatic carbocycles. The molecule has 0 aliphatic heterocycles. The van der Waals surface area contributed by atoms with E-state index in [1.54, 1.807) is 6.20 Å². The molecule has 4 N–H and O–H groups in total. The second kappa shape index (κ2) is 8.62. The molecule has 0 radical (unpaired) electrons. The van der Waals surface area contributed by atoms with E-state index in [4.69, 9.17) is 25.5 Å². The minimum Gasteiger partial charge on any atom is -0.481 e. The summed E-state index contributed by atoms with van der Waals surface area (Å²) in [5.41, 5.74) is 7.56. The van der Waals surface area contributed by atoms with Crippen LogP contribution in [0.4, 0.5) is 13.2 Å². The number of nitrogens with zero attached hydrogens (tertiary/aromatic N) is 2. The quantitative estimate of drug-likeness (QED) is 0.733. The lowest BCUT2D eigenvalue weighted by Crippen LogP contribution is -2.21. The number of hydrogen-bond donors (Lipinski definition) is 3. The van der Waals surface area contributed by atoms with Crippen molar-refractivity contribution in [1.29, 1.82) is 0 Å². The molecule has 2 heterocycles. The molecule has 2 aromatic rings. The molecule has 0 saturated heterocycles. The van der Waals surface area contributed by atoms with Crippen molar-refractivity contribution in [2.75, 3.05) is 0 Å². The summed E-state index contributed by atoms with van der Waals surface area (Å²) in [5.74, 6) is -3.59. The molecule has 0 spiro atoms. The van der Waals surface area contributed by atoms with Gasteiger partial charge in [0.1, 0.15) is 5.65 Å². The van der Waals surface area contributed by atoms with Crippen LogP contribution < -0.4 is 5.73 Å². The van der Waals surface area contributed by atoms with Crippen molar-refractivity contribution >= 4 is 17.6 Å². The monoisotopic (exact) mass is 321 g/mol. The topological polar surface area (TPSA) is 118 Å². The molecule has 0 saturated carbocycles. The van der Waals surface area contributed by atoms with E-state index in [1.807, 2.05) is 28.9 Å². The molecule has 0 amide bonds. The number of nitrogens with two attached hydrogens (primary N) is 1. The summed E-state index contributed by atoms with van der Waals surface area (Å²) in [6, 6.07) is 3.95. The van der Waals surface area contributed by atoms with Gasteiger partial charge in [0.25, 0.3) is 5.97 Å². The lowest BCUT2D eigenvalue weighted by molar-refractivity contribution is -0.192. The molecule has 122 valence electrons. The summed E-state index contributed by atoms with van der Waals surface area (Å²) < 4.78 is 33.7. The molecule has 0 bridgehead atoms. The number of carbonyl (C=O) groups is 2. The van der Waals surface area contributed by atoms with Crippen LogP contribution in [-0.2, 0) is 16.1 Å². The van der Waals surface area contributed by atoms with Gasteiger partial charge in [-0.1, -0.05) is 6.07 Å². The average Bonchev–Trinajstić information content (AvgIpc) is 2.84. The van der Waals surface area contributed by atoms with Crippen molar-refractivity contribution in [2.24, 2.45) is 5.73 Å². The summed E-state index contributed by atoms with van der Waals surface area (Å²) in [4.78, 5) is 22.0. The van der Waals surface area contributed by atoms with Gasteiger partial charge in [-0.3, -0.25) is 4.79 Å². The first-order valence-electron chi connectivity index (χ1n) is 5.69. The summed E-state index contributed by atoms with van der Waals surface area (Å²) in [6.45, 7) is 1.66. The minimum absolute atomic E-state index is 0.577. The van der Waals surface area contributed by atoms with E-state index in [0.717, 1.165) is 18.1 Å². The number of halogens is 3. The zero-order valence-corrected chi connectivity index (χ0v) is 11.4. The van der Waals surface area contributed by atoms with Gasteiger partial charge in [-0.2, -0.15) is 13.2 Å². The smallest absolute Gasteiger partial charge is 0.481 e. The van der Waals surface area contributed by atoms with Crippen LogP contribution in [0.3, 0.4) is 0 Å². The summed E-state index contributed by atoms with van der Waals surface area (Å²) in [6.07, 6.45) is 0.590. The number of pyridine rings is 1. The summed E-state index contributed by atoms with van der Waals surface area (Å²) >= 11 is 0. The lowest BCUT2D eigenvalue weighted by Gasteiger charge is -1.96. The third kappa shape index (κ3) is 7.85. The Bertz CT molecular complexity index is 621. The van der Waals surface area contributed by atoms with E-state index in [2.05, 4.69) is 4.98 Å². The van der Waals surface area contributed by atoms with Gasteiger partial charge in [0, 0.05) is 32.1 Å². The van der Waals surface area contributed by atoms with Gasteiger partial charge in [0.15, 0.2) is 0 Å². The van der Waals surface area contributed by atoms with Gasteiger partial charge in [0.05, 0.1) is 0 Å². The first-order valence-corrected chi connectivity index (χ1v) is 5.69. The molecular formula is C12H14F3N3O4. The number of fused-ring (bicyclic) bond motifs is 1. The summed E-state index contributed by atoms with van der Waals surface area (Å²) in [7, 11) is 0. The van der Waals surface area contributed by atoms with Gasteiger partial charge in [-0.05, 0) is 11.6 Å². The molecule has 0 aliphatic carbocycles. The largest absolute Gasteiger partial charge is 0.490 e. The van der Waals surface area contributed by atoms with Crippen LogP contribution in [0.1, 0.15) is 12.5 Å². The number of imidazole rings is 1. The SMILES string of the molecule is CC(=O)O.NCc1ccc2nccn2c1.O=C(O)C(F)(F)F. The van der Waals surface area contributed by atoms with Crippen molar-refractivity contribution in [3.63, 3.8) is 0 Å². The number of aliphatic carboxylic acids is 2. The Labute approximate surface area is 122 Å². The Morgan fingerprint density at radius 2 is 1.82 bits per heavy atom. The van der Waals surface area contributed by atoms with Crippen LogP contribution in [-0.4, -0.2) is 37.7 Å². The molecule has 10 heteroatoms. The van der Waals surface area contributed by atoms with E-state index in [-0.39, 0.29) is 0 Å². The fourth-order valence-corrected chi connectivity index (χ4v) is 1.09. The van der Waals surface area contributed by atoms with E-state index in [0.29, 0.717) is 6.54 Å². The average molecular weight is 321 g/mol. The van der Waals surface area contributed by atoms with Crippen LogP contribution in [0.25, 0.3) is 5.65 Å². The third-order valence-corrected chi connectivity index (χ3v) is 1.93. The number of hydrogen-bond acceptors (Lipinski definition) is 4. The second-order valence-corrected chi connectivity index (χ2v) is 3.76. The number of alkyl halides is 3. The van der Waals surface area contributed by atoms with Crippen LogP contribution in [0.2, 0.25) is 0 Å². The molecule has 2 rings (SSSR count). The lowest BCUT2D eigenvalue weighted by atomic mass is 10.3. The first kappa shape index (κ1) is 19.4. The Hall–Kier alpha value is -2.62. The zero-order valence-electron chi connectivity index (χ0n) is 11.4. The van der Waals surface area contributed by atoms with Gasteiger partial charge in [0.2, 0.25) is 0 Å². The zero-order chi connectivity index (χ0) is 17.3. The number of aromatic nitrogens is 2. The molecule has 0 unspecified atom stereocenters. The van der Waals surface area contributed by atoms with Gasteiger partial charge in [-0.15, -0.1) is 0 Å². The molecule has 0 aliphatic rings. The summed E-state index contributed by atoms with van der Waals surface area (Å²) in [5, 5.41) is 14.5. The Balaban J connectivity index is 0.000000348. The van der Waals surface area contributed by atoms with Crippen molar-refractivity contribution in [1.82, 2.24) is 9.38 Å². The maximum Gasteiger partial charge on any atom is 0.490 e.